The molecule has 11 heavy (non-hydrogen) atoms. The van der Waals surface area contributed by atoms with Crippen molar-refractivity contribution in [3.05, 3.63) is 18.0 Å². The maximum absolute atomic E-state index is 5.39. The largest absolute Gasteiger partial charge is 0.367 e. The van der Waals surface area contributed by atoms with E-state index in [0.717, 1.165) is 12.3 Å². The predicted octanol–water partition coefficient (Wildman–Crippen LogP) is 0.350. The quantitative estimate of drug-likeness (QED) is 0.585. The molecule has 1 radical (unpaired) electrons. The van der Waals surface area contributed by atoms with Crippen LogP contribution in [0, 0.1) is 0 Å². The van der Waals surface area contributed by atoms with E-state index in [1.54, 1.807) is 6.20 Å². The van der Waals surface area contributed by atoms with E-state index in [0.29, 0.717) is 13.2 Å². The summed E-state index contributed by atoms with van der Waals surface area (Å²) in [6, 6.07) is 1.81. The SMILES string of the molecule is c1cc(C2C[N]CCO2)on1. The highest BCUT2D eigenvalue weighted by molar-refractivity contribution is 4.99. The molecule has 0 amide bonds. The fraction of sp³-hybridized carbons (Fsp3) is 0.571. The van der Waals surface area contributed by atoms with E-state index in [1.807, 2.05) is 6.07 Å². The van der Waals surface area contributed by atoms with Crippen LogP contribution < -0.4 is 5.32 Å². The molecular formula is C7H9N2O2. The highest BCUT2D eigenvalue weighted by atomic mass is 16.5. The smallest absolute Gasteiger partial charge is 0.166 e. The van der Waals surface area contributed by atoms with Crippen LogP contribution in [-0.4, -0.2) is 24.9 Å². The van der Waals surface area contributed by atoms with Gasteiger partial charge in [0.1, 0.15) is 6.10 Å². The molecule has 1 fully saturated rings. The first kappa shape index (κ1) is 6.82. The number of hydrogen-bond acceptors (Lipinski definition) is 3. The van der Waals surface area contributed by atoms with E-state index in [1.165, 1.54) is 0 Å². The number of aromatic nitrogens is 1. The summed E-state index contributed by atoms with van der Waals surface area (Å²) in [5.74, 6) is 0.772. The van der Waals surface area contributed by atoms with Gasteiger partial charge in [0.25, 0.3) is 0 Å². The molecule has 2 heterocycles. The lowest BCUT2D eigenvalue weighted by Crippen LogP contribution is -2.28. The minimum Gasteiger partial charge on any atom is -0.367 e. The zero-order valence-electron chi connectivity index (χ0n) is 6.06. The molecule has 1 aliphatic heterocycles. The van der Waals surface area contributed by atoms with Gasteiger partial charge in [-0.25, -0.2) is 5.32 Å². The third-order valence-corrected chi connectivity index (χ3v) is 1.64. The molecule has 1 atom stereocenters. The van der Waals surface area contributed by atoms with Crippen LogP contribution in [0.5, 0.6) is 0 Å². The molecular weight excluding hydrogens is 144 g/mol. The van der Waals surface area contributed by atoms with Crippen molar-refractivity contribution in [1.29, 1.82) is 0 Å². The van der Waals surface area contributed by atoms with Crippen molar-refractivity contribution in [2.75, 3.05) is 19.7 Å². The van der Waals surface area contributed by atoms with Gasteiger partial charge < -0.3 is 9.26 Å². The number of rotatable bonds is 1. The first-order valence-corrected chi connectivity index (χ1v) is 3.62. The van der Waals surface area contributed by atoms with Gasteiger partial charge in [0.15, 0.2) is 5.76 Å². The summed E-state index contributed by atoms with van der Waals surface area (Å²) in [6.45, 7) is 2.17. The lowest BCUT2D eigenvalue weighted by atomic mass is 10.2. The van der Waals surface area contributed by atoms with Crippen molar-refractivity contribution in [3.63, 3.8) is 0 Å². The summed E-state index contributed by atoms with van der Waals surface area (Å²) in [4.78, 5) is 0. The summed E-state index contributed by atoms with van der Waals surface area (Å²) in [5, 5.41) is 7.80. The molecule has 2 rings (SSSR count). The lowest BCUT2D eigenvalue weighted by Gasteiger charge is -2.19. The second kappa shape index (κ2) is 3.02. The highest BCUT2D eigenvalue weighted by Gasteiger charge is 2.18. The molecule has 0 saturated carbocycles. The van der Waals surface area contributed by atoms with Crippen LogP contribution in [0.2, 0.25) is 0 Å². The monoisotopic (exact) mass is 153 g/mol. The van der Waals surface area contributed by atoms with Crippen LogP contribution in [0.25, 0.3) is 0 Å². The van der Waals surface area contributed by atoms with E-state index in [9.17, 15) is 0 Å². The van der Waals surface area contributed by atoms with Crippen LogP contribution in [0.3, 0.4) is 0 Å². The van der Waals surface area contributed by atoms with Gasteiger partial charge in [-0.15, -0.1) is 0 Å². The normalized spacial score (nSPS) is 25.3. The molecule has 1 saturated heterocycles. The molecule has 1 aliphatic rings. The summed E-state index contributed by atoms with van der Waals surface area (Å²) in [6.07, 6.45) is 1.61. The number of nitrogens with zero attached hydrogens (tertiary/aromatic N) is 2. The van der Waals surface area contributed by atoms with Crippen LogP contribution >= 0.6 is 0 Å². The third-order valence-electron chi connectivity index (χ3n) is 1.64. The predicted molar refractivity (Wildman–Crippen MR) is 37.1 cm³/mol. The Morgan fingerprint density at radius 3 is 3.18 bits per heavy atom. The van der Waals surface area contributed by atoms with Gasteiger partial charge in [-0.2, -0.15) is 0 Å². The Kier molecular flexibility index (Phi) is 1.87. The topological polar surface area (TPSA) is 49.4 Å². The maximum atomic E-state index is 5.39. The molecule has 0 N–H and O–H groups in total. The van der Waals surface area contributed by atoms with Gasteiger partial charge in [-0.05, 0) is 0 Å². The van der Waals surface area contributed by atoms with Crippen LogP contribution in [0.1, 0.15) is 11.9 Å². The second-order valence-corrected chi connectivity index (χ2v) is 2.40. The zero-order valence-corrected chi connectivity index (χ0v) is 6.06. The van der Waals surface area contributed by atoms with Gasteiger partial charge >= 0.3 is 0 Å². The van der Waals surface area contributed by atoms with E-state index >= 15 is 0 Å². The van der Waals surface area contributed by atoms with Crippen molar-refractivity contribution < 1.29 is 9.26 Å². The Labute approximate surface area is 64.5 Å². The van der Waals surface area contributed by atoms with Crippen molar-refractivity contribution in [2.24, 2.45) is 0 Å². The van der Waals surface area contributed by atoms with E-state index in [-0.39, 0.29) is 6.10 Å². The summed E-state index contributed by atoms with van der Waals surface area (Å²) in [5.41, 5.74) is 0. The number of hydrogen-bond donors (Lipinski definition) is 0. The Balaban J connectivity index is 2.04. The molecule has 0 aliphatic carbocycles. The summed E-state index contributed by atoms with van der Waals surface area (Å²) < 4.78 is 10.3. The Morgan fingerprint density at radius 2 is 2.55 bits per heavy atom. The minimum atomic E-state index is -0.00810. The van der Waals surface area contributed by atoms with Gasteiger partial charge in [0.2, 0.25) is 0 Å². The molecule has 1 unspecified atom stereocenters. The van der Waals surface area contributed by atoms with Crippen LogP contribution in [-0.2, 0) is 4.74 Å². The average Bonchev–Trinajstić information content (AvgIpc) is 2.58. The highest BCUT2D eigenvalue weighted by Crippen LogP contribution is 2.17. The van der Waals surface area contributed by atoms with Crippen molar-refractivity contribution in [3.8, 4) is 0 Å². The van der Waals surface area contributed by atoms with E-state index in [4.69, 9.17) is 9.26 Å². The fourth-order valence-corrected chi connectivity index (χ4v) is 1.08. The van der Waals surface area contributed by atoms with Crippen molar-refractivity contribution >= 4 is 0 Å². The minimum absolute atomic E-state index is 0.00810. The fourth-order valence-electron chi connectivity index (χ4n) is 1.08. The average molecular weight is 153 g/mol. The molecule has 0 bridgehead atoms. The van der Waals surface area contributed by atoms with Crippen LogP contribution in [0.15, 0.2) is 16.8 Å². The number of ether oxygens (including phenoxy) is 1. The number of morpholine rings is 1. The first-order chi connectivity index (χ1) is 5.47. The molecule has 1 aromatic heterocycles. The molecule has 0 aromatic carbocycles. The lowest BCUT2D eigenvalue weighted by molar-refractivity contribution is 0.00935. The van der Waals surface area contributed by atoms with Gasteiger partial charge in [-0.1, -0.05) is 5.16 Å². The standard InChI is InChI=1S/C7H9N2O2/c1-2-9-11-6(1)7-5-8-3-4-10-7/h1-2,7H,3-5H2. The van der Waals surface area contributed by atoms with Gasteiger partial charge in [-0.3, -0.25) is 0 Å². The van der Waals surface area contributed by atoms with Crippen molar-refractivity contribution in [2.45, 2.75) is 6.10 Å². The summed E-state index contributed by atoms with van der Waals surface area (Å²) in [7, 11) is 0. The summed E-state index contributed by atoms with van der Waals surface area (Å²) >= 11 is 0. The van der Waals surface area contributed by atoms with Gasteiger partial charge in [0.05, 0.1) is 12.8 Å². The maximum Gasteiger partial charge on any atom is 0.166 e. The first-order valence-electron chi connectivity index (χ1n) is 3.62. The Bertz CT molecular complexity index is 204. The molecule has 1 aromatic rings. The van der Waals surface area contributed by atoms with Gasteiger partial charge in [0, 0.05) is 19.2 Å². The second-order valence-electron chi connectivity index (χ2n) is 2.40. The molecule has 0 spiro atoms. The Morgan fingerprint density at radius 1 is 1.55 bits per heavy atom. The molecule has 59 valence electrons. The molecule has 4 heteroatoms. The van der Waals surface area contributed by atoms with E-state index in [2.05, 4.69) is 10.5 Å². The Hall–Kier alpha value is -0.870. The van der Waals surface area contributed by atoms with Crippen LogP contribution in [0.4, 0.5) is 0 Å². The molecule has 4 nitrogen and oxygen atoms in total. The van der Waals surface area contributed by atoms with Crippen molar-refractivity contribution in [1.82, 2.24) is 10.5 Å². The zero-order chi connectivity index (χ0) is 7.52. The third kappa shape index (κ3) is 1.41. The van der Waals surface area contributed by atoms with E-state index < -0.39 is 0 Å².